The van der Waals surface area contributed by atoms with Crippen molar-refractivity contribution in [2.24, 2.45) is 0 Å². The summed E-state index contributed by atoms with van der Waals surface area (Å²) in [5.74, 6) is -0.113. The Morgan fingerprint density at radius 2 is 1.97 bits per heavy atom. The second-order valence-corrected chi connectivity index (χ2v) is 10.2. The quantitative estimate of drug-likeness (QED) is 0.592. The Morgan fingerprint density at radius 1 is 1.24 bits per heavy atom. The molecule has 1 fully saturated rings. The number of likely N-dealkylation sites (tertiary alicyclic amines) is 1. The van der Waals surface area contributed by atoms with Crippen molar-refractivity contribution in [2.75, 3.05) is 18.4 Å². The number of anilines is 1. The van der Waals surface area contributed by atoms with Crippen LogP contribution < -0.4 is 10.1 Å². The van der Waals surface area contributed by atoms with Crippen LogP contribution in [0.15, 0.2) is 41.3 Å². The highest BCUT2D eigenvalue weighted by molar-refractivity contribution is 7.86. The molecule has 0 radical (unpaired) electrons. The Kier molecular flexibility index (Phi) is 6.46. The van der Waals surface area contributed by atoms with E-state index < -0.39 is 20.7 Å². The lowest BCUT2D eigenvalue weighted by Crippen LogP contribution is -2.54. The van der Waals surface area contributed by atoms with Crippen LogP contribution in [0.1, 0.15) is 50.7 Å². The molecule has 1 saturated heterocycles. The third kappa shape index (κ3) is 4.61. The van der Waals surface area contributed by atoms with Crippen LogP contribution in [-0.2, 0) is 27.0 Å². The van der Waals surface area contributed by atoms with Gasteiger partial charge in [-0.25, -0.2) is 4.39 Å². The average Bonchev–Trinajstić information content (AvgIpc) is 3.03. The highest BCUT2D eigenvalue weighted by Gasteiger charge is 2.49. The molecule has 0 bridgehead atoms. The topological polar surface area (TPSA) is 75.7 Å². The third-order valence-corrected chi connectivity index (χ3v) is 7.44. The molecule has 0 unspecified atom stereocenters. The average molecular weight is 479 g/mol. The first kappa shape index (κ1) is 23.6. The van der Waals surface area contributed by atoms with Crippen LogP contribution in [0.25, 0.3) is 0 Å². The molecule has 2 aliphatic rings. The van der Waals surface area contributed by atoms with Crippen molar-refractivity contribution in [1.82, 2.24) is 4.90 Å². The molecule has 2 heterocycles. The molecule has 2 aromatic rings. The molecule has 0 aliphatic carbocycles. The van der Waals surface area contributed by atoms with Crippen LogP contribution in [0, 0.1) is 5.82 Å². The molecule has 1 N–H and O–H groups in total. The van der Waals surface area contributed by atoms with E-state index in [-0.39, 0.29) is 17.8 Å². The zero-order chi connectivity index (χ0) is 23.8. The number of piperidine rings is 1. The van der Waals surface area contributed by atoms with E-state index in [0.29, 0.717) is 36.5 Å². The number of nitrogens with one attached hydrogen (secondary N) is 1. The van der Waals surface area contributed by atoms with E-state index in [9.17, 15) is 21.5 Å². The number of hydrogen-bond acceptors (Lipinski definition) is 5. The number of unbranched alkanes of at least 4 members (excludes halogenated alkanes) is 1. The van der Waals surface area contributed by atoms with Crippen molar-refractivity contribution in [1.29, 1.82) is 0 Å². The number of nitrogens with zero attached hydrogens (tertiary/aromatic N) is 1. The van der Waals surface area contributed by atoms with Gasteiger partial charge in [0.1, 0.15) is 23.2 Å². The largest absolute Gasteiger partial charge is 0.489 e. The SMILES string of the molecule is CCCCc1cc(F)cc2c1NC(=O)[C@@]2(C)N1CCC[C@@H](Oc2ccc(S(=O)(=O)F)cc2)C1. The minimum atomic E-state index is -4.77. The Morgan fingerprint density at radius 3 is 2.64 bits per heavy atom. The van der Waals surface area contributed by atoms with E-state index >= 15 is 0 Å². The summed E-state index contributed by atoms with van der Waals surface area (Å²) in [5, 5.41) is 2.99. The summed E-state index contributed by atoms with van der Waals surface area (Å²) in [4.78, 5) is 14.8. The number of hydrogen-bond donors (Lipinski definition) is 1. The smallest absolute Gasteiger partial charge is 0.332 e. The first-order chi connectivity index (χ1) is 15.6. The number of carbonyl (C=O) groups is 1. The van der Waals surface area contributed by atoms with Crippen molar-refractivity contribution in [3.8, 4) is 5.75 Å². The summed E-state index contributed by atoms with van der Waals surface area (Å²) in [6.45, 7) is 4.98. The van der Waals surface area contributed by atoms with E-state index in [4.69, 9.17) is 4.74 Å². The Labute approximate surface area is 193 Å². The molecule has 2 atom stereocenters. The van der Waals surface area contributed by atoms with Crippen LogP contribution in [0.4, 0.5) is 14.0 Å². The minimum absolute atomic E-state index is 0.181. The Balaban J connectivity index is 1.56. The molecule has 0 aromatic heterocycles. The van der Waals surface area contributed by atoms with Crippen molar-refractivity contribution in [3.63, 3.8) is 0 Å². The molecule has 0 spiro atoms. The highest BCUT2D eigenvalue weighted by Crippen LogP contribution is 2.44. The molecule has 1 amide bonds. The number of ether oxygens (including phenoxy) is 1. The monoisotopic (exact) mass is 478 g/mol. The van der Waals surface area contributed by atoms with Crippen molar-refractivity contribution < 1.29 is 26.2 Å². The van der Waals surface area contributed by atoms with E-state index in [0.717, 1.165) is 43.4 Å². The van der Waals surface area contributed by atoms with Gasteiger partial charge in [0.05, 0.1) is 4.90 Å². The maximum Gasteiger partial charge on any atom is 0.332 e. The van der Waals surface area contributed by atoms with Crippen LogP contribution >= 0.6 is 0 Å². The lowest BCUT2D eigenvalue weighted by molar-refractivity contribution is -0.128. The van der Waals surface area contributed by atoms with Crippen LogP contribution in [-0.4, -0.2) is 38.4 Å². The molecular weight excluding hydrogens is 450 g/mol. The fraction of sp³-hybridized carbons (Fsp3) is 0.458. The van der Waals surface area contributed by atoms with Crippen LogP contribution in [0.2, 0.25) is 0 Å². The van der Waals surface area contributed by atoms with Gasteiger partial charge in [0, 0.05) is 17.8 Å². The molecule has 4 rings (SSSR count). The summed E-state index contributed by atoms with van der Waals surface area (Å²) in [5.41, 5.74) is 1.16. The fourth-order valence-electron chi connectivity index (χ4n) is 4.74. The maximum atomic E-state index is 14.5. The second-order valence-electron chi connectivity index (χ2n) is 8.85. The molecular formula is C24H28F2N2O4S. The number of halogens is 2. The lowest BCUT2D eigenvalue weighted by atomic mass is 9.87. The molecule has 0 saturated carbocycles. The summed E-state index contributed by atoms with van der Waals surface area (Å²) in [6.07, 6.45) is 3.84. The third-order valence-electron chi connectivity index (χ3n) is 6.61. The summed E-state index contributed by atoms with van der Waals surface area (Å²) in [6, 6.07) is 8.11. The Hall–Kier alpha value is -2.52. The van der Waals surface area contributed by atoms with Gasteiger partial charge in [-0.1, -0.05) is 13.3 Å². The van der Waals surface area contributed by atoms with Gasteiger partial charge < -0.3 is 10.1 Å². The fourth-order valence-corrected chi connectivity index (χ4v) is 5.21. The number of carbonyl (C=O) groups excluding carboxylic acids is 1. The van der Waals surface area contributed by atoms with Gasteiger partial charge in [-0.05, 0) is 81.1 Å². The Bertz CT molecular complexity index is 1150. The molecule has 178 valence electrons. The zero-order valence-electron chi connectivity index (χ0n) is 18.7. The van der Waals surface area contributed by atoms with E-state index in [1.165, 1.54) is 24.3 Å². The van der Waals surface area contributed by atoms with Crippen molar-refractivity contribution in [3.05, 3.63) is 53.3 Å². The van der Waals surface area contributed by atoms with Crippen LogP contribution in [0.5, 0.6) is 5.75 Å². The standard InChI is InChI=1S/C24H28F2N2O4S/c1-3-4-6-16-13-17(25)14-21-22(16)27-23(29)24(21,2)28-12-5-7-19(15-28)32-18-8-10-20(11-9-18)33(26,30)31/h8-11,13-14,19H,3-7,12,15H2,1-2H3,(H,27,29)/t19-,24+/m1/s1. The molecule has 2 aromatic carbocycles. The second kappa shape index (κ2) is 9.02. The van der Waals surface area contributed by atoms with Gasteiger partial charge in [-0.2, -0.15) is 8.42 Å². The van der Waals surface area contributed by atoms with Crippen molar-refractivity contribution >= 4 is 21.8 Å². The normalized spacial score (nSPS) is 23.3. The van der Waals surface area contributed by atoms with E-state index in [1.807, 2.05) is 11.8 Å². The number of amides is 1. The summed E-state index contributed by atoms with van der Waals surface area (Å²) in [7, 11) is -4.77. The van der Waals surface area contributed by atoms with Gasteiger partial charge in [0.25, 0.3) is 0 Å². The molecule has 2 aliphatic heterocycles. The van der Waals surface area contributed by atoms with Gasteiger partial charge in [0.2, 0.25) is 5.91 Å². The lowest BCUT2D eigenvalue weighted by Gasteiger charge is -2.42. The predicted molar refractivity (Wildman–Crippen MR) is 121 cm³/mol. The maximum absolute atomic E-state index is 14.5. The first-order valence-corrected chi connectivity index (χ1v) is 12.6. The van der Waals surface area contributed by atoms with Gasteiger partial charge in [0.15, 0.2) is 0 Å². The first-order valence-electron chi connectivity index (χ1n) is 11.2. The highest BCUT2D eigenvalue weighted by atomic mass is 32.3. The van der Waals surface area contributed by atoms with E-state index in [1.54, 1.807) is 0 Å². The summed E-state index contributed by atoms with van der Waals surface area (Å²) >= 11 is 0. The molecule has 9 heteroatoms. The number of benzene rings is 2. The predicted octanol–water partition coefficient (Wildman–Crippen LogP) is 4.54. The van der Waals surface area contributed by atoms with Crippen molar-refractivity contribution in [2.45, 2.75) is 62.5 Å². The summed E-state index contributed by atoms with van der Waals surface area (Å²) < 4.78 is 55.7. The molecule has 6 nitrogen and oxygen atoms in total. The van der Waals surface area contributed by atoms with Gasteiger partial charge >= 0.3 is 10.2 Å². The number of rotatable bonds is 7. The van der Waals surface area contributed by atoms with Gasteiger partial charge in [-0.15, -0.1) is 3.89 Å². The van der Waals surface area contributed by atoms with Gasteiger partial charge in [-0.3, -0.25) is 9.69 Å². The number of fused-ring (bicyclic) bond motifs is 1. The minimum Gasteiger partial charge on any atom is -0.489 e. The zero-order valence-corrected chi connectivity index (χ0v) is 19.6. The van der Waals surface area contributed by atoms with Crippen LogP contribution in [0.3, 0.4) is 0 Å². The number of aryl methyl sites for hydroxylation is 1. The molecule has 33 heavy (non-hydrogen) atoms. The van der Waals surface area contributed by atoms with E-state index in [2.05, 4.69) is 12.2 Å².